The highest BCUT2D eigenvalue weighted by Crippen LogP contribution is 2.23. The summed E-state index contributed by atoms with van der Waals surface area (Å²) in [5.74, 6) is 0.701. The Hall–Kier alpha value is -1.90. The van der Waals surface area contributed by atoms with Gasteiger partial charge in [0, 0.05) is 17.8 Å². The number of hydrogen-bond acceptors (Lipinski definition) is 3. The van der Waals surface area contributed by atoms with Gasteiger partial charge < -0.3 is 5.32 Å². The summed E-state index contributed by atoms with van der Waals surface area (Å²) in [6.45, 7) is 9.09. The molecule has 0 unspecified atom stereocenters. The number of hydrogen-bond donors (Lipinski definition) is 1. The maximum Gasteiger partial charge on any atom is 0.223 e. The zero-order chi connectivity index (χ0) is 13.1. The molecule has 0 aliphatic heterocycles. The van der Waals surface area contributed by atoms with Gasteiger partial charge in [-0.2, -0.15) is 0 Å². The molecule has 0 aliphatic rings. The van der Waals surface area contributed by atoms with Gasteiger partial charge in [0.2, 0.25) is 5.95 Å². The summed E-state index contributed by atoms with van der Waals surface area (Å²) in [6, 6.07) is 8.45. The van der Waals surface area contributed by atoms with Crippen molar-refractivity contribution in [3.8, 4) is 11.3 Å². The molecule has 0 aliphatic carbocycles. The maximum absolute atomic E-state index is 4.56. The lowest BCUT2D eigenvalue weighted by atomic mass is 10.0. The summed E-state index contributed by atoms with van der Waals surface area (Å²) < 4.78 is 0. The molecule has 2 aromatic rings. The van der Waals surface area contributed by atoms with E-state index in [9.17, 15) is 0 Å². The van der Waals surface area contributed by atoms with Gasteiger partial charge >= 0.3 is 0 Å². The Morgan fingerprint density at radius 3 is 2.50 bits per heavy atom. The van der Waals surface area contributed by atoms with Gasteiger partial charge in [-0.05, 0) is 39.3 Å². The zero-order valence-electron chi connectivity index (χ0n) is 11.4. The van der Waals surface area contributed by atoms with Gasteiger partial charge in [-0.3, -0.25) is 0 Å². The van der Waals surface area contributed by atoms with Crippen LogP contribution in [0.5, 0.6) is 0 Å². The predicted octanol–water partition coefficient (Wildman–Crippen LogP) is 3.50. The van der Waals surface area contributed by atoms with Crippen LogP contribution in [-0.2, 0) is 0 Å². The Morgan fingerprint density at radius 2 is 1.83 bits per heavy atom. The first kappa shape index (κ1) is 12.6. The van der Waals surface area contributed by atoms with Gasteiger partial charge in [0.25, 0.3) is 0 Å². The van der Waals surface area contributed by atoms with Crippen molar-refractivity contribution in [2.45, 2.75) is 27.7 Å². The Bertz CT molecular complexity index is 562. The minimum Gasteiger partial charge on any atom is -0.354 e. The second kappa shape index (κ2) is 5.17. The first-order chi connectivity index (χ1) is 8.60. The lowest BCUT2D eigenvalue weighted by Gasteiger charge is -2.09. The van der Waals surface area contributed by atoms with Crippen molar-refractivity contribution in [2.24, 2.45) is 0 Å². The number of anilines is 1. The third-order valence-electron chi connectivity index (χ3n) is 2.85. The molecule has 0 amide bonds. The number of benzene rings is 1. The Balaban J connectivity index is 2.49. The fourth-order valence-corrected chi connectivity index (χ4v) is 2.04. The molecule has 1 N–H and O–H groups in total. The molecular weight excluding hydrogens is 222 g/mol. The zero-order valence-corrected chi connectivity index (χ0v) is 11.4. The highest BCUT2D eigenvalue weighted by molar-refractivity contribution is 5.65. The van der Waals surface area contributed by atoms with Crippen LogP contribution >= 0.6 is 0 Å². The Morgan fingerprint density at radius 1 is 1.06 bits per heavy atom. The fraction of sp³-hybridized carbons (Fsp3) is 0.333. The molecule has 0 fully saturated rings. The highest BCUT2D eigenvalue weighted by Gasteiger charge is 2.06. The first-order valence-electron chi connectivity index (χ1n) is 6.27. The van der Waals surface area contributed by atoms with E-state index in [2.05, 4.69) is 47.3 Å². The molecule has 94 valence electrons. The molecule has 0 saturated carbocycles. The van der Waals surface area contributed by atoms with Crippen molar-refractivity contribution in [3.05, 3.63) is 41.1 Å². The lowest BCUT2D eigenvalue weighted by molar-refractivity contribution is 1.05. The molecule has 0 spiro atoms. The van der Waals surface area contributed by atoms with Crippen molar-refractivity contribution in [3.63, 3.8) is 0 Å². The maximum atomic E-state index is 4.56. The molecule has 2 rings (SSSR count). The summed E-state index contributed by atoms with van der Waals surface area (Å²) >= 11 is 0. The average molecular weight is 241 g/mol. The van der Waals surface area contributed by atoms with Gasteiger partial charge in [-0.1, -0.05) is 23.8 Å². The van der Waals surface area contributed by atoms with Crippen LogP contribution in [0.1, 0.15) is 23.7 Å². The standard InChI is InChI=1S/C15H19N3/c1-5-16-15-17-12(4)9-14(18-15)13-7-6-10(2)8-11(13)3/h6-9H,5H2,1-4H3,(H,16,17,18). The van der Waals surface area contributed by atoms with E-state index in [1.807, 2.05) is 19.9 Å². The van der Waals surface area contributed by atoms with Crippen LogP contribution in [0, 0.1) is 20.8 Å². The van der Waals surface area contributed by atoms with E-state index in [0.29, 0.717) is 5.95 Å². The van der Waals surface area contributed by atoms with Crippen molar-refractivity contribution in [2.75, 3.05) is 11.9 Å². The molecule has 1 aromatic carbocycles. The smallest absolute Gasteiger partial charge is 0.223 e. The molecular formula is C15H19N3. The van der Waals surface area contributed by atoms with Crippen molar-refractivity contribution in [1.82, 2.24) is 9.97 Å². The van der Waals surface area contributed by atoms with Gasteiger partial charge in [0.15, 0.2) is 0 Å². The van der Waals surface area contributed by atoms with E-state index in [1.165, 1.54) is 16.7 Å². The number of nitrogens with zero attached hydrogens (tertiary/aromatic N) is 2. The number of rotatable bonds is 3. The normalized spacial score (nSPS) is 10.4. The number of aromatic nitrogens is 2. The molecule has 0 bridgehead atoms. The van der Waals surface area contributed by atoms with Crippen molar-refractivity contribution in [1.29, 1.82) is 0 Å². The van der Waals surface area contributed by atoms with E-state index < -0.39 is 0 Å². The van der Waals surface area contributed by atoms with Crippen LogP contribution in [0.15, 0.2) is 24.3 Å². The first-order valence-corrected chi connectivity index (χ1v) is 6.27. The quantitative estimate of drug-likeness (QED) is 0.893. The van der Waals surface area contributed by atoms with Crippen molar-refractivity contribution < 1.29 is 0 Å². The lowest BCUT2D eigenvalue weighted by Crippen LogP contribution is -2.04. The largest absolute Gasteiger partial charge is 0.354 e. The fourth-order valence-electron chi connectivity index (χ4n) is 2.04. The molecule has 0 saturated heterocycles. The van der Waals surface area contributed by atoms with Crippen LogP contribution < -0.4 is 5.32 Å². The summed E-state index contributed by atoms with van der Waals surface area (Å²) in [4.78, 5) is 8.94. The number of aryl methyl sites for hydroxylation is 3. The van der Waals surface area contributed by atoms with E-state index in [1.54, 1.807) is 0 Å². The molecule has 18 heavy (non-hydrogen) atoms. The van der Waals surface area contributed by atoms with E-state index >= 15 is 0 Å². The molecule has 0 radical (unpaired) electrons. The van der Waals surface area contributed by atoms with Gasteiger partial charge in [-0.15, -0.1) is 0 Å². The second-order valence-corrected chi connectivity index (χ2v) is 4.57. The van der Waals surface area contributed by atoms with E-state index in [-0.39, 0.29) is 0 Å². The van der Waals surface area contributed by atoms with E-state index in [4.69, 9.17) is 0 Å². The van der Waals surface area contributed by atoms with Crippen LogP contribution in [0.2, 0.25) is 0 Å². The SMILES string of the molecule is CCNc1nc(C)cc(-c2ccc(C)cc2C)n1. The topological polar surface area (TPSA) is 37.8 Å². The van der Waals surface area contributed by atoms with E-state index in [0.717, 1.165) is 17.9 Å². The minimum absolute atomic E-state index is 0.701. The third-order valence-corrected chi connectivity index (χ3v) is 2.85. The third kappa shape index (κ3) is 2.67. The van der Waals surface area contributed by atoms with Gasteiger partial charge in [-0.25, -0.2) is 9.97 Å². The molecule has 1 aromatic heterocycles. The van der Waals surface area contributed by atoms with Crippen LogP contribution in [0.3, 0.4) is 0 Å². The van der Waals surface area contributed by atoms with Gasteiger partial charge in [0.05, 0.1) is 5.69 Å². The molecule has 0 atom stereocenters. The number of nitrogens with one attached hydrogen (secondary N) is 1. The predicted molar refractivity (Wildman–Crippen MR) is 75.8 cm³/mol. The summed E-state index contributed by atoms with van der Waals surface area (Å²) in [7, 11) is 0. The Labute approximate surface area is 108 Å². The summed E-state index contributed by atoms with van der Waals surface area (Å²) in [5.41, 5.74) is 5.65. The summed E-state index contributed by atoms with van der Waals surface area (Å²) in [5, 5.41) is 3.17. The Kier molecular flexibility index (Phi) is 3.60. The van der Waals surface area contributed by atoms with Crippen LogP contribution in [0.25, 0.3) is 11.3 Å². The molecule has 3 nitrogen and oxygen atoms in total. The monoisotopic (exact) mass is 241 g/mol. The average Bonchev–Trinajstić information content (AvgIpc) is 2.28. The molecule has 3 heteroatoms. The highest BCUT2D eigenvalue weighted by atomic mass is 15.1. The van der Waals surface area contributed by atoms with Crippen molar-refractivity contribution >= 4 is 5.95 Å². The van der Waals surface area contributed by atoms with Crippen LogP contribution in [-0.4, -0.2) is 16.5 Å². The molecule has 1 heterocycles. The minimum atomic E-state index is 0.701. The summed E-state index contributed by atoms with van der Waals surface area (Å²) in [6.07, 6.45) is 0. The second-order valence-electron chi connectivity index (χ2n) is 4.57. The van der Waals surface area contributed by atoms with Crippen LogP contribution in [0.4, 0.5) is 5.95 Å². The van der Waals surface area contributed by atoms with Gasteiger partial charge in [0.1, 0.15) is 0 Å².